The number of aromatic nitrogens is 2. The molecule has 132 valence electrons. The smallest absolute Gasteiger partial charge is 0.225 e. The van der Waals surface area contributed by atoms with Crippen molar-refractivity contribution < 1.29 is 14.3 Å². The van der Waals surface area contributed by atoms with Crippen LogP contribution >= 0.6 is 0 Å². The fraction of sp³-hybridized carbons (Fsp3) is 0.706. The second kappa shape index (κ2) is 8.28. The Hall–Kier alpha value is -1.89. The van der Waals surface area contributed by atoms with Crippen molar-refractivity contribution in [3.05, 3.63) is 12.4 Å². The maximum Gasteiger partial charge on any atom is 0.225 e. The van der Waals surface area contributed by atoms with Crippen LogP contribution in [0.15, 0.2) is 12.4 Å². The average molecular weight is 334 g/mol. The summed E-state index contributed by atoms with van der Waals surface area (Å²) in [5.41, 5.74) is 0. The van der Waals surface area contributed by atoms with Crippen LogP contribution in [0.25, 0.3) is 0 Å². The minimum absolute atomic E-state index is 0.182. The Kier molecular flexibility index (Phi) is 5.85. The highest BCUT2D eigenvalue weighted by atomic mass is 16.5. The molecular weight excluding hydrogens is 308 g/mol. The first-order valence-corrected chi connectivity index (χ1v) is 8.72. The molecule has 2 fully saturated rings. The molecule has 2 aliphatic heterocycles. The topological polar surface area (TPSA) is 76.6 Å². The third-order valence-corrected chi connectivity index (χ3v) is 4.81. The van der Waals surface area contributed by atoms with Crippen molar-refractivity contribution in [2.24, 2.45) is 5.92 Å². The Balaban J connectivity index is 1.41. The van der Waals surface area contributed by atoms with Crippen molar-refractivity contribution in [3.8, 4) is 5.75 Å². The molecule has 2 aliphatic rings. The molecule has 1 aromatic heterocycles. The van der Waals surface area contributed by atoms with E-state index >= 15 is 0 Å². The molecule has 0 atom stereocenters. The van der Waals surface area contributed by atoms with E-state index in [9.17, 15) is 4.79 Å². The zero-order valence-electron chi connectivity index (χ0n) is 14.2. The van der Waals surface area contributed by atoms with Crippen LogP contribution in [0.5, 0.6) is 5.75 Å². The number of amides is 1. The van der Waals surface area contributed by atoms with Crippen LogP contribution in [0.1, 0.15) is 32.1 Å². The summed E-state index contributed by atoms with van der Waals surface area (Å²) < 4.78 is 10.4. The Morgan fingerprint density at radius 2 is 1.92 bits per heavy atom. The van der Waals surface area contributed by atoms with Crippen molar-refractivity contribution >= 4 is 11.9 Å². The van der Waals surface area contributed by atoms with Gasteiger partial charge in [-0.25, -0.2) is 9.97 Å². The summed E-state index contributed by atoms with van der Waals surface area (Å²) in [6.07, 6.45) is 7.85. The lowest BCUT2D eigenvalue weighted by molar-refractivity contribution is -0.123. The van der Waals surface area contributed by atoms with Crippen LogP contribution in [0, 0.1) is 5.92 Å². The largest absolute Gasteiger partial charge is 0.494 e. The van der Waals surface area contributed by atoms with Gasteiger partial charge in [0.05, 0.1) is 19.5 Å². The average Bonchev–Trinajstić information content (AvgIpc) is 2.63. The number of anilines is 1. The van der Waals surface area contributed by atoms with Gasteiger partial charge in [0.2, 0.25) is 11.9 Å². The molecule has 3 heterocycles. The summed E-state index contributed by atoms with van der Waals surface area (Å²) in [5.74, 6) is 2.03. The molecule has 0 aliphatic carbocycles. The van der Waals surface area contributed by atoms with Gasteiger partial charge in [0.25, 0.3) is 0 Å². The van der Waals surface area contributed by atoms with Crippen LogP contribution in [0.2, 0.25) is 0 Å². The number of ether oxygens (including phenoxy) is 2. The molecule has 24 heavy (non-hydrogen) atoms. The van der Waals surface area contributed by atoms with E-state index in [1.54, 1.807) is 19.5 Å². The highest BCUT2D eigenvalue weighted by molar-refractivity contribution is 5.76. The molecule has 0 spiro atoms. The quantitative estimate of drug-likeness (QED) is 0.877. The van der Waals surface area contributed by atoms with Gasteiger partial charge in [-0.15, -0.1) is 0 Å². The van der Waals surface area contributed by atoms with Gasteiger partial charge in [-0.1, -0.05) is 0 Å². The summed E-state index contributed by atoms with van der Waals surface area (Å²) in [4.78, 5) is 23.0. The van der Waals surface area contributed by atoms with Crippen molar-refractivity contribution in [3.63, 3.8) is 0 Å². The molecule has 1 amide bonds. The van der Waals surface area contributed by atoms with Gasteiger partial charge in [0.1, 0.15) is 0 Å². The van der Waals surface area contributed by atoms with E-state index in [2.05, 4.69) is 20.2 Å². The zero-order valence-corrected chi connectivity index (χ0v) is 14.2. The maximum absolute atomic E-state index is 12.2. The normalized spacial score (nSPS) is 20.0. The monoisotopic (exact) mass is 334 g/mol. The summed E-state index contributed by atoms with van der Waals surface area (Å²) >= 11 is 0. The summed E-state index contributed by atoms with van der Waals surface area (Å²) in [6.45, 7) is 3.29. The Morgan fingerprint density at radius 3 is 2.54 bits per heavy atom. The van der Waals surface area contributed by atoms with E-state index in [0.29, 0.717) is 24.1 Å². The van der Waals surface area contributed by atoms with Crippen LogP contribution < -0.4 is 15.0 Å². The summed E-state index contributed by atoms with van der Waals surface area (Å²) in [7, 11) is 1.61. The molecular formula is C17H26N4O3. The van der Waals surface area contributed by atoms with Gasteiger partial charge in [-0.05, 0) is 31.6 Å². The van der Waals surface area contributed by atoms with Gasteiger partial charge in [0.15, 0.2) is 5.75 Å². The predicted octanol–water partition coefficient (Wildman–Crippen LogP) is 1.39. The van der Waals surface area contributed by atoms with Crippen LogP contribution in [-0.4, -0.2) is 55.3 Å². The Labute approximate surface area is 142 Å². The van der Waals surface area contributed by atoms with Crippen molar-refractivity contribution in [2.45, 2.75) is 38.1 Å². The molecule has 3 rings (SSSR count). The first-order chi connectivity index (χ1) is 11.7. The van der Waals surface area contributed by atoms with E-state index in [0.717, 1.165) is 57.9 Å². The number of piperidine rings is 1. The Morgan fingerprint density at radius 1 is 1.25 bits per heavy atom. The van der Waals surface area contributed by atoms with Gasteiger partial charge < -0.3 is 19.7 Å². The maximum atomic E-state index is 12.2. The first kappa shape index (κ1) is 17.0. The van der Waals surface area contributed by atoms with Crippen molar-refractivity contribution in [1.29, 1.82) is 0 Å². The molecule has 1 aromatic rings. The number of hydrogen-bond acceptors (Lipinski definition) is 6. The van der Waals surface area contributed by atoms with Gasteiger partial charge in [-0.2, -0.15) is 0 Å². The molecule has 0 saturated carbocycles. The van der Waals surface area contributed by atoms with E-state index in [1.165, 1.54) is 0 Å². The van der Waals surface area contributed by atoms with E-state index in [4.69, 9.17) is 9.47 Å². The summed E-state index contributed by atoms with van der Waals surface area (Å²) in [6, 6.07) is 0.291. The van der Waals surface area contributed by atoms with Gasteiger partial charge in [0, 0.05) is 38.8 Å². The fourth-order valence-corrected chi connectivity index (χ4v) is 3.31. The second-order valence-electron chi connectivity index (χ2n) is 6.51. The zero-order chi connectivity index (χ0) is 16.8. The highest BCUT2D eigenvalue weighted by Gasteiger charge is 2.24. The van der Waals surface area contributed by atoms with E-state index < -0.39 is 0 Å². The molecule has 7 nitrogen and oxygen atoms in total. The number of nitrogens with zero attached hydrogens (tertiary/aromatic N) is 3. The minimum Gasteiger partial charge on any atom is -0.494 e. The molecule has 2 saturated heterocycles. The van der Waals surface area contributed by atoms with Crippen LogP contribution in [0.4, 0.5) is 5.95 Å². The first-order valence-electron chi connectivity index (χ1n) is 8.72. The van der Waals surface area contributed by atoms with Gasteiger partial charge in [-0.3, -0.25) is 4.79 Å². The van der Waals surface area contributed by atoms with Crippen molar-refractivity contribution in [2.75, 3.05) is 38.3 Å². The summed E-state index contributed by atoms with van der Waals surface area (Å²) in [5, 5.41) is 3.15. The number of carbonyl (C=O) groups is 1. The molecule has 0 radical (unpaired) electrons. The predicted molar refractivity (Wildman–Crippen MR) is 90.1 cm³/mol. The number of methoxy groups -OCH3 is 1. The number of hydrogen-bond donors (Lipinski definition) is 1. The third-order valence-electron chi connectivity index (χ3n) is 4.81. The third kappa shape index (κ3) is 4.56. The molecule has 0 aromatic carbocycles. The SMILES string of the molecule is COc1cnc(N2CCC(CC(=O)NC3CCOCC3)CC2)nc1. The molecule has 7 heteroatoms. The van der Waals surface area contributed by atoms with E-state index in [1.807, 2.05) is 0 Å². The van der Waals surface area contributed by atoms with Crippen LogP contribution in [0.3, 0.4) is 0 Å². The lowest BCUT2D eigenvalue weighted by Crippen LogP contribution is -2.41. The second-order valence-corrected chi connectivity index (χ2v) is 6.51. The molecule has 1 N–H and O–H groups in total. The number of rotatable bonds is 5. The fourth-order valence-electron chi connectivity index (χ4n) is 3.31. The van der Waals surface area contributed by atoms with Crippen molar-refractivity contribution in [1.82, 2.24) is 15.3 Å². The highest BCUT2D eigenvalue weighted by Crippen LogP contribution is 2.23. The number of nitrogens with one attached hydrogen (secondary N) is 1. The number of carbonyl (C=O) groups excluding carboxylic acids is 1. The Bertz CT molecular complexity index is 523. The van der Waals surface area contributed by atoms with Gasteiger partial charge >= 0.3 is 0 Å². The minimum atomic E-state index is 0.182. The lowest BCUT2D eigenvalue weighted by atomic mass is 9.93. The van der Waals surface area contributed by atoms with E-state index in [-0.39, 0.29) is 5.91 Å². The molecule has 0 unspecified atom stereocenters. The lowest BCUT2D eigenvalue weighted by Gasteiger charge is -2.32. The standard InChI is InChI=1S/C17H26N4O3/c1-23-15-11-18-17(19-12-15)21-6-2-13(3-7-21)10-16(22)20-14-4-8-24-9-5-14/h11-14H,2-10H2,1H3,(H,20,22). The van der Waals surface area contributed by atoms with Crippen LogP contribution in [-0.2, 0) is 9.53 Å². The molecule has 0 bridgehead atoms.